The third-order valence-electron chi connectivity index (χ3n) is 6.15. The number of alkyl carbamates (subject to hydrolysis) is 1. The summed E-state index contributed by atoms with van der Waals surface area (Å²) >= 11 is 0. The number of ether oxygens (including phenoxy) is 1. The number of amides is 2. The second kappa shape index (κ2) is 10.5. The van der Waals surface area contributed by atoms with Gasteiger partial charge in [-0.25, -0.2) is 4.79 Å². The zero-order valence-corrected chi connectivity index (χ0v) is 18.8. The maximum atomic E-state index is 12.7. The van der Waals surface area contributed by atoms with Crippen molar-refractivity contribution < 1.29 is 29.3 Å². The van der Waals surface area contributed by atoms with Crippen molar-refractivity contribution in [3.63, 3.8) is 0 Å². The van der Waals surface area contributed by atoms with Crippen molar-refractivity contribution in [1.82, 2.24) is 10.6 Å². The van der Waals surface area contributed by atoms with Gasteiger partial charge in [-0.1, -0.05) is 55.5 Å². The summed E-state index contributed by atoms with van der Waals surface area (Å²) in [4.78, 5) is 36.3. The number of carboxylic acids is 1. The molecule has 0 saturated heterocycles. The van der Waals surface area contributed by atoms with Crippen LogP contribution in [0.5, 0.6) is 0 Å². The highest BCUT2D eigenvalue weighted by molar-refractivity contribution is 5.86. The highest BCUT2D eigenvalue weighted by atomic mass is 16.5. The summed E-state index contributed by atoms with van der Waals surface area (Å²) in [5.74, 6) is -1.78. The molecule has 33 heavy (non-hydrogen) atoms. The van der Waals surface area contributed by atoms with E-state index >= 15 is 0 Å². The van der Waals surface area contributed by atoms with E-state index in [2.05, 4.69) is 10.6 Å². The van der Waals surface area contributed by atoms with Gasteiger partial charge in [0, 0.05) is 12.3 Å². The van der Waals surface area contributed by atoms with Crippen molar-refractivity contribution in [2.45, 2.75) is 50.6 Å². The van der Waals surface area contributed by atoms with Crippen LogP contribution in [0.3, 0.4) is 0 Å². The standard InChI is InChI=1S/C25H30N2O6/c1-3-25(2,15-28)27-23(31)21(12-13-22(29)30)26-24(32)33-14-20-18-10-6-4-8-16(18)17-9-5-7-11-19(17)20/h4-11,20-21,28H,3,12-15H2,1-2H3,(H,26,32)(H,27,31)(H,29,30). The molecule has 3 rings (SSSR count). The van der Waals surface area contributed by atoms with Crippen LogP contribution in [0.25, 0.3) is 11.1 Å². The van der Waals surface area contributed by atoms with Gasteiger partial charge in [0.15, 0.2) is 0 Å². The Morgan fingerprint density at radius 1 is 1.06 bits per heavy atom. The lowest BCUT2D eigenvalue weighted by atomic mass is 9.98. The molecule has 8 heteroatoms. The highest BCUT2D eigenvalue weighted by Gasteiger charge is 2.31. The Labute approximate surface area is 193 Å². The summed E-state index contributed by atoms with van der Waals surface area (Å²) < 4.78 is 5.48. The molecule has 2 aromatic carbocycles. The molecule has 2 amide bonds. The fourth-order valence-corrected chi connectivity index (χ4v) is 3.94. The van der Waals surface area contributed by atoms with Crippen LogP contribution in [0.2, 0.25) is 0 Å². The lowest BCUT2D eigenvalue weighted by Crippen LogP contribution is -2.55. The van der Waals surface area contributed by atoms with Crippen LogP contribution in [0.4, 0.5) is 4.79 Å². The number of hydrogen-bond acceptors (Lipinski definition) is 5. The van der Waals surface area contributed by atoms with Gasteiger partial charge in [-0.3, -0.25) is 9.59 Å². The maximum absolute atomic E-state index is 12.7. The summed E-state index contributed by atoms with van der Waals surface area (Å²) in [6.45, 7) is 3.27. The van der Waals surface area contributed by atoms with Gasteiger partial charge in [-0.15, -0.1) is 0 Å². The Kier molecular flexibility index (Phi) is 7.71. The molecule has 4 N–H and O–H groups in total. The number of hydrogen-bond donors (Lipinski definition) is 4. The van der Waals surface area contributed by atoms with Crippen LogP contribution in [0.1, 0.15) is 50.2 Å². The normalized spacial score (nSPS) is 15.0. The van der Waals surface area contributed by atoms with Gasteiger partial charge < -0.3 is 25.6 Å². The number of nitrogens with one attached hydrogen (secondary N) is 2. The Morgan fingerprint density at radius 3 is 2.15 bits per heavy atom. The Bertz CT molecular complexity index is 972. The number of aliphatic carboxylic acids is 1. The minimum atomic E-state index is -1.10. The second-order valence-electron chi connectivity index (χ2n) is 8.52. The third-order valence-corrected chi connectivity index (χ3v) is 6.15. The average molecular weight is 455 g/mol. The van der Waals surface area contributed by atoms with Crippen molar-refractivity contribution in [2.75, 3.05) is 13.2 Å². The van der Waals surface area contributed by atoms with Crippen molar-refractivity contribution in [3.8, 4) is 11.1 Å². The lowest BCUT2D eigenvalue weighted by Gasteiger charge is -2.29. The molecule has 0 aliphatic heterocycles. The van der Waals surface area contributed by atoms with E-state index in [0.29, 0.717) is 6.42 Å². The Hall–Kier alpha value is -3.39. The average Bonchev–Trinajstić information content (AvgIpc) is 3.13. The molecular weight excluding hydrogens is 424 g/mol. The van der Waals surface area contributed by atoms with Gasteiger partial charge >= 0.3 is 12.1 Å². The van der Waals surface area contributed by atoms with E-state index in [1.54, 1.807) is 6.92 Å². The molecule has 0 radical (unpaired) electrons. The predicted molar refractivity (Wildman–Crippen MR) is 123 cm³/mol. The summed E-state index contributed by atoms with van der Waals surface area (Å²) in [5, 5.41) is 23.8. The zero-order chi connectivity index (χ0) is 24.0. The maximum Gasteiger partial charge on any atom is 0.407 e. The lowest BCUT2D eigenvalue weighted by molar-refractivity contribution is -0.137. The van der Waals surface area contributed by atoms with Crippen LogP contribution in [-0.2, 0) is 14.3 Å². The third kappa shape index (κ3) is 5.70. The number of rotatable bonds is 10. The van der Waals surface area contributed by atoms with Gasteiger partial charge in [0.2, 0.25) is 5.91 Å². The second-order valence-corrected chi connectivity index (χ2v) is 8.52. The number of fused-ring (bicyclic) bond motifs is 3. The first-order valence-corrected chi connectivity index (χ1v) is 11.0. The fourth-order valence-electron chi connectivity index (χ4n) is 3.94. The van der Waals surface area contributed by atoms with Crippen molar-refractivity contribution in [1.29, 1.82) is 0 Å². The summed E-state index contributed by atoms with van der Waals surface area (Å²) in [5.41, 5.74) is 3.45. The summed E-state index contributed by atoms with van der Waals surface area (Å²) in [6, 6.07) is 14.8. The highest BCUT2D eigenvalue weighted by Crippen LogP contribution is 2.44. The van der Waals surface area contributed by atoms with E-state index in [1.807, 2.05) is 55.5 Å². The van der Waals surface area contributed by atoms with E-state index in [-0.39, 0.29) is 32.0 Å². The van der Waals surface area contributed by atoms with Crippen LogP contribution in [-0.4, -0.2) is 53.0 Å². The largest absolute Gasteiger partial charge is 0.481 e. The first-order valence-electron chi connectivity index (χ1n) is 11.0. The molecule has 1 aliphatic rings. The molecule has 176 valence electrons. The summed E-state index contributed by atoms with van der Waals surface area (Å²) in [7, 11) is 0. The minimum Gasteiger partial charge on any atom is -0.481 e. The van der Waals surface area contributed by atoms with E-state index in [0.717, 1.165) is 22.3 Å². The van der Waals surface area contributed by atoms with Crippen molar-refractivity contribution in [3.05, 3.63) is 59.7 Å². The SMILES string of the molecule is CCC(C)(CO)NC(=O)C(CCC(=O)O)NC(=O)OCC1c2ccccc2-c2ccccc21. The molecule has 0 spiro atoms. The zero-order valence-electron chi connectivity index (χ0n) is 18.8. The van der Waals surface area contributed by atoms with Gasteiger partial charge in [0.05, 0.1) is 12.1 Å². The predicted octanol–water partition coefficient (Wildman–Crippen LogP) is 3.04. The quantitative estimate of drug-likeness (QED) is 0.437. The number of benzene rings is 2. The molecule has 0 saturated carbocycles. The smallest absolute Gasteiger partial charge is 0.407 e. The molecule has 0 aromatic heterocycles. The van der Waals surface area contributed by atoms with Crippen LogP contribution < -0.4 is 10.6 Å². The van der Waals surface area contributed by atoms with Gasteiger partial charge in [0.1, 0.15) is 12.6 Å². The van der Waals surface area contributed by atoms with Gasteiger partial charge in [0.25, 0.3) is 0 Å². The molecule has 8 nitrogen and oxygen atoms in total. The molecule has 0 heterocycles. The number of carbonyl (C=O) groups excluding carboxylic acids is 2. The number of aliphatic hydroxyl groups excluding tert-OH is 1. The Balaban J connectivity index is 1.68. The molecule has 2 atom stereocenters. The molecular formula is C25H30N2O6. The first kappa shape index (κ1) is 24.3. The first-order chi connectivity index (χ1) is 15.8. The molecule has 2 aromatic rings. The van der Waals surface area contributed by atoms with Crippen molar-refractivity contribution >= 4 is 18.0 Å². The van der Waals surface area contributed by atoms with Crippen LogP contribution in [0, 0.1) is 0 Å². The van der Waals surface area contributed by atoms with E-state index in [1.165, 1.54) is 0 Å². The van der Waals surface area contributed by atoms with E-state index in [9.17, 15) is 19.5 Å². The minimum absolute atomic E-state index is 0.0798. The number of aliphatic hydroxyl groups is 1. The molecule has 0 bridgehead atoms. The monoisotopic (exact) mass is 454 g/mol. The van der Waals surface area contributed by atoms with Gasteiger partial charge in [-0.05, 0) is 42.0 Å². The number of carbonyl (C=O) groups is 3. The van der Waals surface area contributed by atoms with Crippen LogP contribution in [0.15, 0.2) is 48.5 Å². The molecule has 2 unspecified atom stereocenters. The van der Waals surface area contributed by atoms with Crippen molar-refractivity contribution in [2.24, 2.45) is 0 Å². The van der Waals surface area contributed by atoms with Gasteiger partial charge in [-0.2, -0.15) is 0 Å². The summed E-state index contributed by atoms with van der Waals surface area (Å²) in [6.07, 6.45) is -0.740. The topological polar surface area (TPSA) is 125 Å². The Morgan fingerprint density at radius 2 is 1.64 bits per heavy atom. The molecule has 1 aliphatic carbocycles. The molecule has 0 fully saturated rings. The van der Waals surface area contributed by atoms with Crippen LogP contribution >= 0.6 is 0 Å². The van der Waals surface area contributed by atoms with E-state index < -0.39 is 29.6 Å². The fraction of sp³-hybridized carbons (Fsp3) is 0.400. The van der Waals surface area contributed by atoms with E-state index in [4.69, 9.17) is 9.84 Å². The number of carboxylic acid groups (broad SMARTS) is 1.